The fourth-order valence-electron chi connectivity index (χ4n) is 3.45. The Kier molecular flexibility index (Phi) is 7.32. The number of ketones is 1. The van der Waals surface area contributed by atoms with Gasteiger partial charge in [-0.3, -0.25) is 4.79 Å². The summed E-state index contributed by atoms with van der Waals surface area (Å²) in [5, 5.41) is 8.25. The van der Waals surface area contributed by atoms with Crippen LogP contribution in [0.5, 0.6) is 0 Å². The maximum absolute atomic E-state index is 13.9. The minimum absolute atomic E-state index is 0.000616. The molecule has 0 spiro atoms. The van der Waals surface area contributed by atoms with Crippen LogP contribution >= 0.6 is 0 Å². The highest BCUT2D eigenvalue weighted by Gasteiger charge is 2.28. The van der Waals surface area contributed by atoms with E-state index in [0.29, 0.717) is 28.5 Å². The highest BCUT2D eigenvalue weighted by Crippen LogP contribution is 2.28. The first-order valence-corrected chi connectivity index (χ1v) is 9.61. The molecule has 0 bridgehead atoms. The van der Waals surface area contributed by atoms with Gasteiger partial charge < -0.3 is 15.0 Å². The first kappa shape index (κ1) is 22.3. The number of benzene rings is 2. The summed E-state index contributed by atoms with van der Waals surface area (Å²) in [5.74, 6) is -2.84. The molecule has 4 nitrogen and oxygen atoms in total. The van der Waals surface area contributed by atoms with E-state index >= 15 is 0 Å². The fourth-order valence-corrected chi connectivity index (χ4v) is 3.45. The van der Waals surface area contributed by atoms with Crippen molar-refractivity contribution in [2.24, 2.45) is 11.8 Å². The molecule has 0 saturated carbocycles. The van der Waals surface area contributed by atoms with Crippen LogP contribution in [0.3, 0.4) is 0 Å². The lowest BCUT2D eigenvalue weighted by atomic mass is 9.83. The van der Waals surface area contributed by atoms with E-state index in [1.165, 1.54) is 6.07 Å². The van der Waals surface area contributed by atoms with Crippen molar-refractivity contribution in [2.75, 3.05) is 0 Å². The summed E-state index contributed by atoms with van der Waals surface area (Å²) in [5.41, 5.74) is 2.25. The van der Waals surface area contributed by atoms with E-state index in [0.717, 1.165) is 6.29 Å². The monoisotopic (exact) mass is 395 g/mol. The minimum Gasteiger partial charge on any atom is -0.304 e. The third kappa shape index (κ3) is 4.73. The van der Waals surface area contributed by atoms with E-state index in [1.54, 1.807) is 50.2 Å². The molecule has 0 heterocycles. The quantitative estimate of drug-likeness (QED) is 0.382. The van der Waals surface area contributed by atoms with Crippen LogP contribution in [0.15, 0.2) is 42.5 Å². The molecule has 0 fully saturated rings. The predicted octanol–water partition coefficient (Wildman–Crippen LogP) is 4.63. The van der Waals surface area contributed by atoms with Gasteiger partial charge in [0.05, 0.1) is 11.8 Å². The zero-order chi connectivity index (χ0) is 21.7. The van der Waals surface area contributed by atoms with Crippen molar-refractivity contribution in [3.8, 4) is 0 Å². The molecule has 152 valence electrons. The summed E-state index contributed by atoms with van der Waals surface area (Å²) >= 11 is 0. The van der Waals surface area contributed by atoms with E-state index in [2.05, 4.69) is 0 Å². The average molecular weight is 395 g/mol. The van der Waals surface area contributed by atoms with E-state index in [-0.39, 0.29) is 23.2 Å². The maximum Gasteiger partial charge on any atom is 0.154 e. The molecule has 0 aliphatic heterocycles. The van der Waals surface area contributed by atoms with Crippen molar-refractivity contribution in [3.63, 3.8) is 0 Å². The molecule has 0 saturated heterocycles. The number of rotatable bonds is 9. The van der Waals surface area contributed by atoms with Crippen LogP contribution < -0.4 is 0 Å². The zero-order valence-electron chi connectivity index (χ0n) is 17.1. The molecule has 3 atom stereocenters. The number of nitrogens with one attached hydrogen (secondary N) is 1. The Morgan fingerprint density at radius 1 is 1.00 bits per heavy atom. The average Bonchev–Trinajstić information content (AvgIpc) is 2.70. The van der Waals surface area contributed by atoms with E-state index in [1.807, 2.05) is 13.8 Å². The van der Waals surface area contributed by atoms with Crippen molar-refractivity contribution >= 4 is 24.1 Å². The summed E-state index contributed by atoms with van der Waals surface area (Å²) in [6.07, 6.45) is 1.36. The topological polar surface area (TPSA) is 75.1 Å². The Bertz CT molecular complexity index is 918. The number of halogens is 1. The molecule has 2 aromatic carbocycles. The van der Waals surface area contributed by atoms with Gasteiger partial charge in [0, 0.05) is 11.6 Å². The van der Waals surface area contributed by atoms with Gasteiger partial charge in [0.2, 0.25) is 0 Å². The van der Waals surface area contributed by atoms with E-state index < -0.39 is 17.8 Å². The van der Waals surface area contributed by atoms with Crippen molar-refractivity contribution in [1.29, 1.82) is 5.41 Å². The molecule has 0 aromatic heterocycles. The number of Topliss-reactive ketones (excluding diaryl/α,β-unsaturated/α-hetero) is 1. The summed E-state index contributed by atoms with van der Waals surface area (Å²) in [6.45, 7) is 7.03. The smallest absolute Gasteiger partial charge is 0.154 e. The summed E-state index contributed by atoms with van der Waals surface area (Å²) in [7, 11) is 0. The van der Waals surface area contributed by atoms with Gasteiger partial charge in [-0.05, 0) is 41.2 Å². The predicted molar refractivity (Wildman–Crippen MR) is 111 cm³/mol. The van der Waals surface area contributed by atoms with Crippen LogP contribution in [-0.2, 0) is 14.4 Å². The van der Waals surface area contributed by atoms with Crippen LogP contribution in [0.1, 0.15) is 54.9 Å². The minimum atomic E-state index is -0.983. The molecule has 0 aliphatic carbocycles. The molecule has 5 heteroatoms. The van der Waals surface area contributed by atoms with Crippen molar-refractivity contribution in [3.05, 3.63) is 70.5 Å². The SMILES string of the molecule is Cc1c(F)cccc1[C@@H](C)C(=O)C(C=O)c1ccc(C(=N)C(C=O)C(C)C)cc1. The largest absolute Gasteiger partial charge is 0.304 e. The molecule has 0 radical (unpaired) electrons. The Labute approximate surface area is 170 Å². The lowest BCUT2D eigenvalue weighted by molar-refractivity contribution is -0.125. The molecular formula is C24H26FNO3. The number of hydrogen-bond acceptors (Lipinski definition) is 4. The normalized spacial score (nSPS) is 14.1. The molecule has 0 aliphatic rings. The molecular weight excluding hydrogens is 369 g/mol. The summed E-state index contributed by atoms with van der Waals surface area (Å²) < 4.78 is 13.9. The van der Waals surface area contributed by atoms with Gasteiger partial charge in [-0.2, -0.15) is 0 Å². The van der Waals surface area contributed by atoms with Crippen LogP contribution in [0, 0.1) is 30.0 Å². The molecule has 2 aromatic rings. The Morgan fingerprint density at radius 2 is 1.62 bits per heavy atom. The first-order valence-electron chi connectivity index (χ1n) is 9.61. The molecule has 0 amide bonds. The van der Waals surface area contributed by atoms with Gasteiger partial charge in [-0.15, -0.1) is 0 Å². The maximum atomic E-state index is 13.9. The third-order valence-corrected chi connectivity index (χ3v) is 5.42. The van der Waals surface area contributed by atoms with Gasteiger partial charge >= 0.3 is 0 Å². The lowest BCUT2D eigenvalue weighted by Gasteiger charge is -2.19. The summed E-state index contributed by atoms with van der Waals surface area (Å²) in [6, 6.07) is 11.2. The Morgan fingerprint density at radius 3 is 2.14 bits per heavy atom. The standard InChI is InChI=1S/C24H26FNO3/c1-14(2)20(12-27)23(26)18-10-8-17(9-11-18)21(13-28)24(29)16(4)19-6-5-7-22(25)15(19)3/h5-14,16,20-21,26H,1-4H3/t16-,20?,21?/m1/s1. The molecule has 2 rings (SSSR count). The van der Waals surface area contributed by atoms with Crippen LogP contribution in [0.2, 0.25) is 0 Å². The lowest BCUT2D eigenvalue weighted by Crippen LogP contribution is -2.23. The summed E-state index contributed by atoms with van der Waals surface area (Å²) in [4.78, 5) is 35.9. The zero-order valence-corrected chi connectivity index (χ0v) is 17.1. The number of hydrogen-bond donors (Lipinski definition) is 1. The van der Waals surface area contributed by atoms with Gasteiger partial charge in [0.25, 0.3) is 0 Å². The van der Waals surface area contributed by atoms with Crippen LogP contribution in [0.4, 0.5) is 4.39 Å². The van der Waals surface area contributed by atoms with E-state index in [9.17, 15) is 18.8 Å². The molecule has 2 unspecified atom stereocenters. The molecule has 1 N–H and O–H groups in total. The van der Waals surface area contributed by atoms with E-state index in [4.69, 9.17) is 5.41 Å². The van der Waals surface area contributed by atoms with Crippen LogP contribution in [0.25, 0.3) is 0 Å². The number of carbonyl (C=O) groups excluding carboxylic acids is 3. The Balaban J connectivity index is 2.28. The van der Waals surface area contributed by atoms with Gasteiger partial charge in [0.15, 0.2) is 5.78 Å². The highest BCUT2D eigenvalue weighted by molar-refractivity contribution is 6.07. The second-order valence-corrected chi connectivity index (χ2v) is 7.63. The van der Waals surface area contributed by atoms with Crippen molar-refractivity contribution in [2.45, 2.75) is 39.5 Å². The second-order valence-electron chi connectivity index (χ2n) is 7.63. The van der Waals surface area contributed by atoms with Crippen LogP contribution in [-0.4, -0.2) is 24.1 Å². The number of carbonyl (C=O) groups is 3. The highest BCUT2D eigenvalue weighted by atomic mass is 19.1. The number of aldehydes is 2. The Hall–Kier alpha value is -2.95. The van der Waals surface area contributed by atoms with Crippen molar-refractivity contribution < 1.29 is 18.8 Å². The van der Waals surface area contributed by atoms with Gasteiger partial charge in [-0.25, -0.2) is 4.39 Å². The first-order chi connectivity index (χ1) is 13.7. The molecule has 29 heavy (non-hydrogen) atoms. The fraction of sp³-hybridized carbons (Fsp3) is 0.333. The third-order valence-electron chi connectivity index (χ3n) is 5.42. The van der Waals surface area contributed by atoms with Crippen molar-refractivity contribution in [1.82, 2.24) is 0 Å². The van der Waals surface area contributed by atoms with Gasteiger partial charge in [0.1, 0.15) is 18.4 Å². The van der Waals surface area contributed by atoms with Gasteiger partial charge in [-0.1, -0.05) is 57.2 Å². The second kappa shape index (κ2) is 9.50.